The normalized spacial score (nSPS) is 22.8. The molecule has 1 fully saturated rings. The smallest absolute Gasteiger partial charge is 0.333 e. The first-order valence-corrected chi connectivity index (χ1v) is 10.5. The zero-order valence-electron chi connectivity index (χ0n) is 17.1. The van der Waals surface area contributed by atoms with Crippen molar-refractivity contribution in [3.05, 3.63) is 39.1 Å². The summed E-state index contributed by atoms with van der Waals surface area (Å²) >= 11 is 1.45. The number of esters is 2. The fraction of sp³-hybridized carbons (Fsp3) is 0.421. The Balaban J connectivity index is 1.83. The number of hydrogen-bond donors (Lipinski definition) is 1. The number of nitrogens with zero attached hydrogens (tertiary/aromatic N) is 4. The van der Waals surface area contributed by atoms with E-state index in [1.165, 1.54) is 22.1 Å². The van der Waals surface area contributed by atoms with E-state index in [2.05, 4.69) is 14.7 Å². The topological polar surface area (TPSA) is 141 Å². The van der Waals surface area contributed by atoms with Gasteiger partial charge >= 0.3 is 17.6 Å². The third kappa shape index (κ3) is 3.96. The van der Waals surface area contributed by atoms with Gasteiger partial charge < -0.3 is 19.9 Å². The maximum atomic E-state index is 15.2. The minimum atomic E-state index is -1.88. The highest BCUT2D eigenvalue weighted by atomic mass is 32.1. The highest BCUT2D eigenvalue weighted by molar-refractivity contribution is 7.09. The Labute approximate surface area is 184 Å². The maximum Gasteiger partial charge on any atom is 0.333 e. The number of anilines is 1. The highest BCUT2D eigenvalue weighted by Gasteiger charge is 2.50. The van der Waals surface area contributed by atoms with Crippen LogP contribution in [0.1, 0.15) is 24.4 Å². The molecular weight excluding hydrogens is 445 g/mol. The molecule has 170 valence electrons. The first-order chi connectivity index (χ1) is 15.3. The number of imidazole rings is 1. The van der Waals surface area contributed by atoms with Gasteiger partial charge in [-0.3, -0.25) is 14.2 Å². The number of carbonyl (C=O) groups excluding carboxylic acids is 2. The lowest BCUT2D eigenvalue weighted by Gasteiger charge is -2.19. The molecule has 0 aromatic carbocycles. The van der Waals surface area contributed by atoms with E-state index in [0.29, 0.717) is 5.52 Å². The molecule has 0 radical (unpaired) electrons. The molecule has 0 bridgehead atoms. The minimum absolute atomic E-state index is 0.0899. The summed E-state index contributed by atoms with van der Waals surface area (Å²) in [7, 11) is 1.16. The summed E-state index contributed by atoms with van der Waals surface area (Å²) in [6.45, 7) is 1.32. The van der Waals surface area contributed by atoms with Crippen molar-refractivity contribution in [2.75, 3.05) is 12.8 Å². The third-order valence-electron chi connectivity index (χ3n) is 5.04. The van der Waals surface area contributed by atoms with Crippen LogP contribution < -0.4 is 11.4 Å². The molecule has 1 aliphatic heterocycles. The van der Waals surface area contributed by atoms with Crippen LogP contribution >= 0.6 is 11.3 Å². The number of nitrogen functional groups attached to an aromatic ring is 1. The second-order valence-corrected chi connectivity index (χ2v) is 8.15. The summed E-state index contributed by atoms with van der Waals surface area (Å²) in [6, 6.07) is 3.71. The predicted octanol–water partition coefficient (Wildman–Crippen LogP) is 1.02. The quantitative estimate of drug-likeness (QED) is 0.528. The van der Waals surface area contributed by atoms with Crippen molar-refractivity contribution in [1.82, 2.24) is 19.1 Å². The van der Waals surface area contributed by atoms with Gasteiger partial charge in [-0.2, -0.15) is 4.98 Å². The van der Waals surface area contributed by atoms with E-state index in [1.54, 1.807) is 0 Å². The first kappa shape index (κ1) is 21.9. The Morgan fingerprint density at radius 3 is 2.84 bits per heavy atom. The average molecular weight is 465 g/mol. The van der Waals surface area contributed by atoms with E-state index in [4.69, 9.17) is 15.2 Å². The van der Waals surface area contributed by atoms with Crippen LogP contribution in [-0.4, -0.2) is 56.5 Å². The van der Waals surface area contributed by atoms with Gasteiger partial charge in [0.25, 0.3) is 0 Å². The molecular formula is C19H20FN5O6S. The van der Waals surface area contributed by atoms with Crippen molar-refractivity contribution in [2.24, 2.45) is 0 Å². The summed E-state index contributed by atoms with van der Waals surface area (Å²) in [5.41, 5.74) is 5.58. The highest BCUT2D eigenvalue weighted by Crippen LogP contribution is 2.36. The summed E-state index contributed by atoms with van der Waals surface area (Å²) in [6.07, 6.45) is -5.08. The third-order valence-corrected chi connectivity index (χ3v) is 5.90. The molecule has 3 aromatic heterocycles. The van der Waals surface area contributed by atoms with E-state index in [-0.39, 0.29) is 18.1 Å². The van der Waals surface area contributed by atoms with E-state index >= 15 is 4.39 Å². The number of thiophene rings is 1. The number of alkyl halides is 1. The molecule has 0 aliphatic carbocycles. The SMILES string of the molecule is COC(=O)C[C@H]1O[C@@H](n2c(=O)n(Cc3cccs3)c3cnc(N)nc32)[C@H](OC(C)=O)[C@@H]1F. The molecule has 4 rings (SSSR count). The number of hydrogen-bond acceptors (Lipinski definition) is 10. The van der Waals surface area contributed by atoms with Crippen molar-refractivity contribution in [2.45, 2.75) is 44.5 Å². The molecule has 4 heterocycles. The molecule has 3 aromatic rings. The number of methoxy groups -OCH3 is 1. The van der Waals surface area contributed by atoms with E-state index in [9.17, 15) is 14.4 Å². The lowest BCUT2D eigenvalue weighted by Crippen LogP contribution is -2.37. The van der Waals surface area contributed by atoms with Crippen molar-refractivity contribution in [1.29, 1.82) is 0 Å². The number of halogens is 1. The Morgan fingerprint density at radius 1 is 1.41 bits per heavy atom. The van der Waals surface area contributed by atoms with Gasteiger partial charge in [0.2, 0.25) is 5.95 Å². The number of ether oxygens (including phenoxy) is 3. The molecule has 11 nitrogen and oxygen atoms in total. The van der Waals surface area contributed by atoms with Crippen LogP contribution in [0.4, 0.5) is 10.3 Å². The van der Waals surface area contributed by atoms with Gasteiger partial charge in [-0.25, -0.2) is 18.7 Å². The largest absolute Gasteiger partial charge is 0.469 e. The number of carbonyl (C=O) groups is 2. The monoisotopic (exact) mass is 465 g/mol. The van der Waals surface area contributed by atoms with Gasteiger partial charge in [-0.1, -0.05) is 6.07 Å². The Kier molecular flexibility index (Phi) is 5.93. The summed E-state index contributed by atoms with van der Waals surface area (Å²) in [4.78, 5) is 45.8. The Hall–Kier alpha value is -3.32. The van der Waals surface area contributed by atoms with Crippen molar-refractivity contribution in [3.8, 4) is 0 Å². The molecule has 2 N–H and O–H groups in total. The molecule has 0 saturated carbocycles. The second-order valence-electron chi connectivity index (χ2n) is 7.12. The van der Waals surface area contributed by atoms with Crippen LogP contribution in [0.2, 0.25) is 0 Å². The van der Waals surface area contributed by atoms with Crippen LogP contribution in [-0.2, 0) is 30.3 Å². The zero-order chi connectivity index (χ0) is 23.0. The second kappa shape index (κ2) is 8.67. The van der Waals surface area contributed by atoms with E-state index < -0.39 is 48.7 Å². The van der Waals surface area contributed by atoms with Gasteiger partial charge in [-0.05, 0) is 11.4 Å². The molecule has 4 atom stereocenters. The van der Waals surface area contributed by atoms with Gasteiger partial charge in [0.05, 0.1) is 26.3 Å². The lowest BCUT2D eigenvalue weighted by molar-refractivity contribution is -0.154. The molecule has 13 heteroatoms. The minimum Gasteiger partial charge on any atom is -0.469 e. The number of aromatic nitrogens is 4. The maximum absolute atomic E-state index is 15.2. The Bertz CT molecular complexity index is 1210. The standard InChI is InChI=1S/C19H20FN5O6S/c1-9(26)30-15-14(20)12(6-13(27)29-2)31-17(15)25-16-11(7-22-18(21)23-16)24(19(25)28)8-10-4-3-5-32-10/h3-5,7,12,14-15,17H,6,8H2,1-2H3,(H2,21,22,23)/t12-,14-,15-,17-/m1/s1. The van der Waals surface area contributed by atoms with Crippen molar-refractivity contribution in [3.63, 3.8) is 0 Å². The van der Waals surface area contributed by atoms with Crippen LogP contribution in [0.25, 0.3) is 11.2 Å². The van der Waals surface area contributed by atoms with Crippen LogP contribution in [0, 0.1) is 0 Å². The van der Waals surface area contributed by atoms with Crippen molar-refractivity contribution >= 4 is 40.4 Å². The lowest BCUT2D eigenvalue weighted by atomic mass is 10.1. The van der Waals surface area contributed by atoms with Gasteiger partial charge in [0.1, 0.15) is 11.6 Å². The molecule has 0 amide bonds. The first-order valence-electron chi connectivity index (χ1n) is 9.59. The zero-order valence-corrected chi connectivity index (χ0v) is 18.0. The molecule has 0 unspecified atom stereocenters. The fourth-order valence-corrected chi connectivity index (χ4v) is 4.34. The molecule has 1 aliphatic rings. The molecule has 0 spiro atoms. The Morgan fingerprint density at radius 2 is 2.19 bits per heavy atom. The average Bonchev–Trinajstić information content (AvgIpc) is 3.42. The van der Waals surface area contributed by atoms with Gasteiger partial charge in [0.15, 0.2) is 24.2 Å². The molecule has 32 heavy (non-hydrogen) atoms. The summed E-state index contributed by atoms with van der Waals surface area (Å²) < 4.78 is 33.1. The van der Waals surface area contributed by atoms with Crippen molar-refractivity contribution < 1.29 is 28.2 Å². The number of nitrogens with two attached hydrogens (primary N) is 1. The number of rotatable bonds is 6. The van der Waals surface area contributed by atoms with Crippen LogP contribution in [0.3, 0.4) is 0 Å². The van der Waals surface area contributed by atoms with E-state index in [0.717, 1.165) is 23.5 Å². The predicted molar refractivity (Wildman–Crippen MR) is 111 cm³/mol. The van der Waals surface area contributed by atoms with Gasteiger partial charge in [-0.15, -0.1) is 11.3 Å². The summed E-state index contributed by atoms with van der Waals surface area (Å²) in [5.74, 6) is -1.59. The summed E-state index contributed by atoms with van der Waals surface area (Å²) in [5, 5.41) is 1.87. The number of fused-ring (bicyclic) bond motifs is 1. The van der Waals surface area contributed by atoms with Gasteiger partial charge in [0, 0.05) is 11.8 Å². The van der Waals surface area contributed by atoms with Crippen LogP contribution in [0.15, 0.2) is 28.5 Å². The van der Waals surface area contributed by atoms with E-state index in [1.807, 2.05) is 17.5 Å². The fourth-order valence-electron chi connectivity index (χ4n) is 3.64. The molecule has 1 saturated heterocycles. The van der Waals surface area contributed by atoms with Crippen LogP contribution in [0.5, 0.6) is 0 Å².